The quantitative estimate of drug-likeness (QED) is 0.638. The van der Waals surface area contributed by atoms with Crippen molar-refractivity contribution in [1.82, 2.24) is 9.97 Å². The monoisotopic (exact) mass is 282 g/mol. The number of anilines is 2. The summed E-state index contributed by atoms with van der Waals surface area (Å²) in [7, 11) is 1.88. The lowest BCUT2D eigenvalue weighted by molar-refractivity contribution is 0.193. The number of aliphatic hydroxyl groups is 2. The first-order valence-electron chi connectivity index (χ1n) is 6.88. The highest BCUT2D eigenvalue weighted by Crippen LogP contribution is 2.26. The number of hydrogen-bond acceptors (Lipinski definition) is 7. The number of aliphatic hydroxyl groups excluding tert-OH is 2. The van der Waals surface area contributed by atoms with Gasteiger partial charge in [0.05, 0.1) is 25.5 Å². The maximum Gasteiger partial charge on any atom is 0.224 e. The van der Waals surface area contributed by atoms with Crippen LogP contribution in [0.3, 0.4) is 0 Å². The van der Waals surface area contributed by atoms with Gasteiger partial charge in [0.1, 0.15) is 5.82 Å². The highest BCUT2D eigenvalue weighted by atomic mass is 16.5. The van der Waals surface area contributed by atoms with E-state index in [-0.39, 0.29) is 19.1 Å². The zero-order chi connectivity index (χ0) is 14.4. The van der Waals surface area contributed by atoms with Crippen LogP contribution in [-0.4, -0.2) is 66.7 Å². The predicted molar refractivity (Wildman–Crippen MR) is 76.1 cm³/mol. The molecule has 0 aliphatic carbocycles. The molecule has 0 bridgehead atoms. The van der Waals surface area contributed by atoms with Crippen LogP contribution in [0.15, 0.2) is 6.07 Å². The molecule has 1 saturated heterocycles. The van der Waals surface area contributed by atoms with E-state index in [0.717, 1.165) is 24.5 Å². The van der Waals surface area contributed by atoms with E-state index in [1.807, 2.05) is 18.0 Å². The molecule has 1 fully saturated rings. The van der Waals surface area contributed by atoms with Crippen LogP contribution in [0, 0.1) is 0 Å². The smallest absolute Gasteiger partial charge is 0.224 e. The molecule has 0 aromatic carbocycles. The molecule has 1 aromatic rings. The summed E-state index contributed by atoms with van der Waals surface area (Å²) in [4.78, 5) is 10.8. The van der Waals surface area contributed by atoms with Crippen LogP contribution in [0.5, 0.6) is 0 Å². The van der Waals surface area contributed by atoms with Gasteiger partial charge in [0.15, 0.2) is 0 Å². The normalized spacial score (nSPS) is 18.2. The van der Waals surface area contributed by atoms with Crippen LogP contribution in [0.25, 0.3) is 0 Å². The van der Waals surface area contributed by atoms with Gasteiger partial charge in [-0.2, -0.15) is 4.98 Å². The van der Waals surface area contributed by atoms with E-state index in [0.29, 0.717) is 25.6 Å². The molecule has 2 heterocycles. The second kappa shape index (κ2) is 7.37. The molecule has 0 saturated carbocycles. The second-order valence-electron chi connectivity index (χ2n) is 4.83. The number of ether oxygens (including phenoxy) is 1. The molecule has 7 heteroatoms. The lowest BCUT2D eigenvalue weighted by atomic mass is 10.0. The van der Waals surface area contributed by atoms with E-state index in [9.17, 15) is 0 Å². The summed E-state index contributed by atoms with van der Waals surface area (Å²) in [5.74, 6) is 1.55. The fourth-order valence-corrected chi connectivity index (χ4v) is 2.14. The first kappa shape index (κ1) is 15.0. The Morgan fingerprint density at radius 1 is 1.40 bits per heavy atom. The molecule has 1 atom stereocenters. The Balaban J connectivity index is 2.22. The number of nitrogens with zero attached hydrogens (tertiary/aromatic N) is 3. The average molecular weight is 282 g/mol. The summed E-state index contributed by atoms with van der Waals surface area (Å²) in [6.45, 7) is 2.46. The first-order valence-corrected chi connectivity index (χ1v) is 6.88. The maximum absolute atomic E-state index is 9.04. The Labute approximate surface area is 118 Å². The maximum atomic E-state index is 9.04. The van der Waals surface area contributed by atoms with Crippen LogP contribution in [-0.2, 0) is 4.74 Å². The highest BCUT2D eigenvalue weighted by molar-refractivity contribution is 5.45. The van der Waals surface area contributed by atoms with Crippen molar-refractivity contribution in [2.45, 2.75) is 12.3 Å². The van der Waals surface area contributed by atoms with Gasteiger partial charge in [0, 0.05) is 38.7 Å². The summed E-state index contributed by atoms with van der Waals surface area (Å²) in [6.07, 6.45) is 0.958. The van der Waals surface area contributed by atoms with E-state index >= 15 is 0 Å². The number of nitrogens with one attached hydrogen (secondary N) is 1. The minimum Gasteiger partial charge on any atom is -0.395 e. The fourth-order valence-electron chi connectivity index (χ4n) is 2.14. The molecule has 0 unspecified atom stereocenters. The van der Waals surface area contributed by atoms with Crippen molar-refractivity contribution in [3.05, 3.63) is 11.8 Å². The van der Waals surface area contributed by atoms with Gasteiger partial charge in [-0.05, 0) is 6.42 Å². The van der Waals surface area contributed by atoms with Crippen LogP contribution in [0.1, 0.15) is 18.0 Å². The van der Waals surface area contributed by atoms with E-state index in [2.05, 4.69) is 15.3 Å². The lowest BCUT2D eigenvalue weighted by Crippen LogP contribution is -2.23. The van der Waals surface area contributed by atoms with Crippen molar-refractivity contribution in [2.24, 2.45) is 0 Å². The largest absolute Gasteiger partial charge is 0.395 e. The van der Waals surface area contributed by atoms with Crippen LogP contribution >= 0.6 is 0 Å². The minimum absolute atomic E-state index is 0.0297. The van der Waals surface area contributed by atoms with Gasteiger partial charge in [-0.3, -0.25) is 0 Å². The molecule has 3 N–H and O–H groups in total. The topological polar surface area (TPSA) is 90.7 Å². The summed E-state index contributed by atoms with van der Waals surface area (Å²) < 4.78 is 5.41. The van der Waals surface area contributed by atoms with Crippen LogP contribution in [0.2, 0.25) is 0 Å². The third-order valence-electron chi connectivity index (χ3n) is 3.30. The Morgan fingerprint density at radius 2 is 2.25 bits per heavy atom. The molecule has 1 aliphatic heterocycles. The third kappa shape index (κ3) is 3.78. The molecule has 1 aliphatic rings. The zero-order valence-electron chi connectivity index (χ0n) is 11.7. The molecular weight excluding hydrogens is 260 g/mol. The fraction of sp³-hybridized carbons (Fsp3) is 0.692. The van der Waals surface area contributed by atoms with E-state index in [1.165, 1.54) is 0 Å². The van der Waals surface area contributed by atoms with Gasteiger partial charge in [-0.1, -0.05) is 0 Å². The van der Waals surface area contributed by atoms with Crippen molar-refractivity contribution in [2.75, 3.05) is 56.8 Å². The lowest BCUT2D eigenvalue weighted by Gasteiger charge is -2.19. The van der Waals surface area contributed by atoms with E-state index in [1.54, 1.807) is 0 Å². The van der Waals surface area contributed by atoms with Gasteiger partial charge in [0.2, 0.25) is 5.95 Å². The number of aromatic nitrogens is 2. The van der Waals surface area contributed by atoms with Gasteiger partial charge in [0.25, 0.3) is 0 Å². The predicted octanol–water partition coefficient (Wildman–Crippen LogP) is -0.187. The zero-order valence-corrected chi connectivity index (χ0v) is 11.7. The summed E-state index contributed by atoms with van der Waals surface area (Å²) in [6, 6.07) is 1.94. The molecule has 112 valence electrons. The first-order chi connectivity index (χ1) is 9.74. The standard InChI is InChI=1S/C13H22N4O3/c1-17(4-6-19)12-8-11(10-2-7-20-9-10)15-13(16-12)14-3-5-18/h8,10,18-19H,2-7,9H2,1H3,(H,14,15,16)/t10-/m0/s1. The van der Waals surface area contributed by atoms with Gasteiger partial charge in [-0.15, -0.1) is 0 Å². The van der Waals surface area contributed by atoms with Gasteiger partial charge >= 0.3 is 0 Å². The van der Waals surface area contributed by atoms with Crippen molar-refractivity contribution in [3.63, 3.8) is 0 Å². The van der Waals surface area contributed by atoms with Crippen molar-refractivity contribution in [3.8, 4) is 0 Å². The molecule has 20 heavy (non-hydrogen) atoms. The number of rotatable bonds is 7. The Kier molecular flexibility index (Phi) is 5.51. The highest BCUT2D eigenvalue weighted by Gasteiger charge is 2.21. The molecule has 2 rings (SSSR count). The summed E-state index contributed by atoms with van der Waals surface area (Å²) in [5, 5.41) is 20.9. The Hall–Kier alpha value is -1.44. The Bertz CT molecular complexity index is 424. The van der Waals surface area contributed by atoms with Gasteiger partial charge in [-0.25, -0.2) is 4.98 Å². The molecule has 0 spiro atoms. The van der Waals surface area contributed by atoms with Crippen molar-refractivity contribution < 1.29 is 14.9 Å². The van der Waals surface area contributed by atoms with Crippen LogP contribution < -0.4 is 10.2 Å². The molecular formula is C13H22N4O3. The van der Waals surface area contributed by atoms with Crippen molar-refractivity contribution >= 4 is 11.8 Å². The molecule has 1 aromatic heterocycles. The van der Waals surface area contributed by atoms with Gasteiger partial charge < -0.3 is 25.2 Å². The van der Waals surface area contributed by atoms with E-state index in [4.69, 9.17) is 14.9 Å². The molecule has 0 radical (unpaired) electrons. The third-order valence-corrected chi connectivity index (χ3v) is 3.30. The Morgan fingerprint density at radius 3 is 2.90 bits per heavy atom. The van der Waals surface area contributed by atoms with Crippen molar-refractivity contribution in [1.29, 1.82) is 0 Å². The SMILES string of the molecule is CN(CCO)c1cc([C@H]2CCOC2)nc(NCCO)n1. The molecule has 7 nitrogen and oxygen atoms in total. The average Bonchev–Trinajstić information content (AvgIpc) is 2.99. The van der Waals surface area contributed by atoms with Crippen LogP contribution in [0.4, 0.5) is 11.8 Å². The summed E-state index contributed by atoms with van der Waals surface area (Å²) >= 11 is 0. The summed E-state index contributed by atoms with van der Waals surface area (Å²) in [5.41, 5.74) is 0.942. The molecule has 0 amide bonds. The minimum atomic E-state index is 0.0297. The number of hydrogen-bond donors (Lipinski definition) is 3. The second-order valence-corrected chi connectivity index (χ2v) is 4.83. The number of likely N-dealkylation sites (N-methyl/N-ethyl adjacent to an activating group) is 1. The van der Waals surface area contributed by atoms with E-state index < -0.39 is 0 Å².